The molecular formula is C59H98O6. The Morgan fingerprint density at radius 1 is 0.323 bits per heavy atom. The maximum Gasteiger partial charge on any atom is 0.306 e. The topological polar surface area (TPSA) is 78.9 Å². The molecule has 6 heteroatoms. The van der Waals surface area contributed by atoms with Crippen LogP contribution in [0.2, 0.25) is 0 Å². The molecule has 0 N–H and O–H groups in total. The average molecular weight is 903 g/mol. The zero-order chi connectivity index (χ0) is 47.2. The van der Waals surface area contributed by atoms with Crippen molar-refractivity contribution in [1.29, 1.82) is 0 Å². The van der Waals surface area contributed by atoms with Crippen LogP contribution in [-0.2, 0) is 28.6 Å². The van der Waals surface area contributed by atoms with Gasteiger partial charge in [-0.15, -0.1) is 0 Å². The van der Waals surface area contributed by atoms with E-state index in [0.29, 0.717) is 19.3 Å². The average Bonchev–Trinajstić information content (AvgIpc) is 3.30. The molecule has 0 radical (unpaired) electrons. The Morgan fingerprint density at radius 2 is 0.600 bits per heavy atom. The highest BCUT2D eigenvalue weighted by Gasteiger charge is 2.19. The van der Waals surface area contributed by atoms with Gasteiger partial charge in [0.1, 0.15) is 13.2 Å². The van der Waals surface area contributed by atoms with E-state index in [2.05, 4.69) is 118 Å². The Kier molecular flexibility index (Phi) is 50.0. The van der Waals surface area contributed by atoms with Crippen molar-refractivity contribution in [3.8, 4) is 0 Å². The van der Waals surface area contributed by atoms with Gasteiger partial charge in [0.25, 0.3) is 0 Å². The molecule has 0 aromatic carbocycles. The van der Waals surface area contributed by atoms with Gasteiger partial charge >= 0.3 is 17.9 Å². The van der Waals surface area contributed by atoms with Crippen LogP contribution in [0.15, 0.2) is 97.2 Å². The second kappa shape index (κ2) is 52.9. The van der Waals surface area contributed by atoms with Gasteiger partial charge in [0.2, 0.25) is 0 Å². The van der Waals surface area contributed by atoms with Crippen LogP contribution in [-0.4, -0.2) is 37.2 Å². The maximum absolute atomic E-state index is 12.8. The molecule has 65 heavy (non-hydrogen) atoms. The van der Waals surface area contributed by atoms with Crippen molar-refractivity contribution in [2.24, 2.45) is 0 Å². The van der Waals surface area contributed by atoms with Gasteiger partial charge in [0.15, 0.2) is 6.10 Å². The minimum atomic E-state index is -0.782. The number of unbranched alkanes of at least 4 members (excludes halogenated alkanes) is 20. The smallest absolute Gasteiger partial charge is 0.306 e. The number of allylic oxidation sites excluding steroid dienone is 16. The summed E-state index contributed by atoms with van der Waals surface area (Å²) in [5.74, 6) is -0.916. The summed E-state index contributed by atoms with van der Waals surface area (Å²) in [4.78, 5) is 37.7. The lowest BCUT2D eigenvalue weighted by Gasteiger charge is -2.18. The highest BCUT2D eigenvalue weighted by Crippen LogP contribution is 2.14. The largest absolute Gasteiger partial charge is 0.462 e. The van der Waals surface area contributed by atoms with Gasteiger partial charge in [-0.05, 0) is 96.3 Å². The third kappa shape index (κ3) is 51.2. The lowest BCUT2D eigenvalue weighted by molar-refractivity contribution is -0.167. The SMILES string of the molecule is CC/C=C\C/C=C\C/C=C\C/C=C\CCCCCCCCCCC(=O)OCC(COC(=O)CCCCCCC)OC(=O)CCCCCCCCCC/C=C\C/C=C\C/C=C\C/C=C\CC. The number of carbonyl (C=O) groups is 3. The molecule has 0 spiro atoms. The standard InChI is InChI=1S/C59H98O6/c1-4-7-10-13-15-17-19-21-23-25-27-29-31-33-35-37-39-41-43-46-49-52-58(61)64-55-56(54-63-57(60)51-48-45-12-9-6-3)65-59(62)53-50-47-44-42-40-38-36-34-32-30-28-26-24-22-20-18-16-14-11-8-5-2/h7-8,10-11,15-18,21-24,27-30,56H,4-6,9,12-14,19-20,25-26,31-55H2,1-3H3/b10-7-,11-8-,17-15-,18-16-,23-21-,24-22-,29-27-,30-28-. The summed E-state index contributed by atoms with van der Waals surface area (Å²) >= 11 is 0. The summed E-state index contributed by atoms with van der Waals surface area (Å²) in [7, 11) is 0. The van der Waals surface area contributed by atoms with Gasteiger partial charge < -0.3 is 14.2 Å². The van der Waals surface area contributed by atoms with Gasteiger partial charge in [-0.2, -0.15) is 0 Å². The van der Waals surface area contributed by atoms with E-state index in [1.807, 2.05) is 0 Å². The third-order valence-electron chi connectivity index (χ3n) is 11.1. The first-order valence-corrected chi connectivity index (χ1v) is 26.7. The number of hydrogen-bond donors (Lipinski definition) is 0. The fourth-order valence-electron chi connectivity index (χ4n) is 7.13. The van der Waals surface area contributed by atoms with E-state index in [4.69, 9.17) is 14.2 Å². The Bertz CT molecular complexity index is 1310. The molecule has 0 bridgehead atoms. The minimum absolute atomic E-state index is 0.0848. The first kappa shape index (κ1) is 61.3. The van der Waals surface area contributed by atoms with E-state index in [-0.39, 0.29) is 31.1 Å². The molecule has 0 rings (SSSR count). The fourth-order valence-corrected chi connectivity index (χ4v) is 7.13. The zero-order valence-corrected chi connectivity index (χ0v) is 42.2. The van der Waals surface area contributed by atoms with Gasteiger partial charge in [-0.3, -0.25) is 14.4 Å². The van der Waals surface area contributed by atoms with Crippen LogP contribution in [0.5, 0.6) is 0 Å². The van der Waals surface area contributed by atoms with Gasteiger partial charge in [0.05, 0.1) is 0 Å². The zero-order valence-electron chi connectivity index (χ0n) is 42.2. The molecule has 6 nitrogen and oxygen atoms in total. The number of hydrogen-bond acceptors (Lipinski definition) is 6. The summed E-state index contributed by atoms with van der Waals surface area (Å²) in [5.41, 5.74) is 0. The van der Waals surface area contributed by atoms with Crippen molar-refractivity contribution in [3.05, 3.63) is 97.2 Å². The van der Waals surface area contributed by atoms with Crippen molar-refractivity contribution in [2.45, 2.75) is 245 Å². The van der Waals surface area contributed by atoms with E-state index < -0.39 is 6.10 Å². The molecule has 0 saturated carbocycles. The summed E-state index contributed by atoms with van der Waals surface area (Å²) < 4.78 is 16.7. The van der Waals surface area contributed by atoms with Crippen molar-refractivity contribution >= 4 is 17.9 Å². The van der Waals surface area contributed by atoms with Crippen LogP contribution in [0.1, 0.15) is 239 Å². The van der Waals surface area contributed by atoms with E-state index in [0.717, 1.165) is 128 Å². The van der Waals surface area contributed by atoms with Crippen LogP contribution in [0.3, 0.4) is 0 Å². The molecular weight excluding hydrogens is 805 g/mol. The van der Waals surface area contributed by atoms with Gasteiger partial charge in [0, 0.05) is 19.3 Å². The molecule has 1 unspecified atom stereocenters. The van der Waals surface area contributed by atoms with E-state index in [1.54, 1.807) is 0 Å². The minimum Gasteiger partial charge on any atom is -0.462 e. The van der Waals surface area contributed by atoms with Crippen molar-refractivity contribution in [2.75, 3.05) is 13.2 Å². The van der Waals surface area contributed by atoms with Crippen molar-refractivity contribution in [3.63, 3.8) is 0 Å². The molecule has 0 aliphatic rings. The molecule has 0 aromatic rings. The number of ether oxygens (including phenoxy) is 3. The van der Waals surface area contributed by atoms with Gasteiger partial charge in [-0.1, -0.05) is 221 Å². The second-order valence-corrected chi connectivity index (χ2v) is 17.4. The maximum atomic E-state index is 12.8. The predicted octanol–water partition coefficient (Wildman–Crippen LogP) is 17.8. The molecule has 0 aromatic heterocycles. The highest BCUT2D eigenvalue weighted by molar-refractivity contribution is 5.71. The fraction of sp³-hybridized carbons (Fsp3) is 0.678. The first-order valence-electron chi connectivity index (χ1n) is 26.7. The van der Waals surface area contributed by atoms with Gasteiger partial charge in [-0.25, -0.2) is 0 Å². The number of rotatable bonds is 47. The molecule has 0 saturated heterocycles. The molecule has 0 fully saturated rings. The summed E-state index contributed by atoms with van der Waals surface area (Å²) in [5, 5.41) is 0. The van der Waals surface area contributed by atoms with Crippen LogP contribution in [0, 0.1) is 0 Å². The predicted molar refractivity (Wildman–Crippen MR) is 279 cm³/mol. The Hall–Kier alpha value is -3.67. The highest BCUT2D eigenvalue weighted by atomic mass is 16.6. The summed E-state index contributed by atoms with van der Waals surface area (Å²) in [6.45, 7) is 6.31. The van der Waals surface area contributed by atoms with Crippen LogP contribution in [0.4, 0.5) is 0 Å². The van der Waals surface area contributed by atoms with Crippen molar-refractivity contribution in [1.82, 2.24) is 0 Å². The first-order chi connectivity index (χ1) is 32.0. The van der Waals surface area contributed by atoms with E-state index in [1.165, 1.54) is 70.6 Å². The molecule has 370 valence electrons. The number of esters is 3. The Balaban J connectivity index is 4.18. The molecule has 0 aliphatic heterocycles. The lowest BCUT2D eigenvalue weighted by Crippen LogP contribution is -2.30. The molecule has 1 atom stereocenters. The Morgan fingerprint density at radius 3 is 0.938 bits per heavy atom. The quantitative estimate of drug-likeness (QED) is 0.0262. The third-order valence-corrected chi connectivity index (χ3v) is 11.1. The molecule has 0 amide bonds. The van der Waals surface area contributed by atoms with Crippen LogP contribution in [0.25, 0.3) is 0 Å². The van der Waals surface area contributed by atoms with Crippen LogP contribution < -0.4 is 0 Å². The molecule has 0 aliphatic carbocycles. The summed E-state index contributed by atoms with van der Waals surface area (Å²) in [6, 6.07) is 0. The molecule has 0 heterocycles. The monoisotopic (exact) mass is 903 g/mol. The van der Waals surface area contributed by atoms with Crippen LogP contribution >= 0.6 is 0 Å². The Labute approximate surface area is 400 Å². The van der Waals surface area contributed by atoms with E-state index in [9.17, 15) is 14.4 Å². The second-order valence-electron chi connectivity index (χ2n) is 17.4. The van der Waals surface area contributed by atoms with E-state index >= 15 is 0 Å². The van der Waals surface area contributed by atoms with Crippen molar-refractivity contribution < 1.29 is 28.6 Å². The number of carbonyl (C=O) groups excluding carboxylic acids is 3. The normalized spacial score (nSPS) is 12.8. The lowest BCUT2D eigenvalue weighted by atomic mass is 10.1. The summed E-state index contributed by atoms with van der Waals surface area (Å²) in [6.07, 6.45) is 70.0.